The molecule has 0 unspecified atom stereocenters. The Bertz CT molecular complexity index is 574. The van der Waals surface area contributed by atoms with Crippen LogP contribution in [0.5, 0.6) is 0 Å². The molecule has 0 aromatic heterocycles. The third kappa shape index (κ3) is 9.11. The molecule has 2 N–H and O–H groups in total. The van der Waals surface area contributed by atoms with E-state index < -0.39 is 9.84 Å². The van der Waals surface area contributed by atoms with Crippen LogP contribution in [0, 0.1) is 0 Å². The number of halogens is 1. The first-order valence-corrected chi connectivity index (χ1v) is 9.09. The Morgan fingerprint density at radius 1 is 1.17 bits per heavy atom. The average Bonchev–Trinajstić information content (AvgIpc) is 2.49. The summed E-state index contributed by atoms with van der Waals surface area (Å²) in [6.45, 7) is 2.25. The molecule has 1 aromatic carbocycles. The van der Waals surface area contributed by atoms with Crippen molar-refractivity contribution in [2.24, 2.45) is 4.99 Å². The zero-order chi connectivity index (χ0) is 16.4. The van der Waals surface area contributed by atoms with E-state index >= 15 is 0 Å². The maximum Gasteiger partial charge on any atom is 0.190 e. The third-order valence-corrected chi connectivity index (χ3v) is 4.23. The maximum absolute atomic E-state index is 11.4. The van der Waals surface area contributed by atoms with Crippen molar-refractivity contribution in [3.63, 3.8) is 0 Å². The van der Waals surface area contributed by atoms with E-state index in [2.05, 4.69) is 15.6 Å². The summed E-state index contributed by atoms with van der Waals surface area (Å²) in [6.07, 6.45) is 2.93. The van der Waals surface area contributed by atoms with Crippen LogP contribution in [0.1, 0.15) is 12.0 Å². The smallest absolute Gasteiger partial charge is 0.190 e. The van der Waals surface area contributed by atoms with E-state index in [1.807, 2.05) is 12.1 Å². The van der Waals surface area contributed by atoms with Crippen molar-refractivity contribution >= 4 is 39.8 Å². The number of sulfone groups is 1. The van der Waals surface area contributed by atoms with E-state index in [4.69, 9.17) is 4.74 Å². The summed E-state index contributed by atoms with van der Waals surface area (Å²) in [7, 11) is 0.284. The van der Waals surface area contributed by atoms with Crippen LogP contribution in [-0.2, 0) is 21.0 Å². The number of hydrogen-bond acceptors (Lipinski definition) is 4. The summed E-state index contributed by atoms with van der Waals surface area (Å²) < 4.78 is 27.8. The van der Waals surface area contributed by atoms with Gasteiger partial charge in [0.05, 0.1) is 4.90 Å². The second-order valence-corrected chi connectivity index (χ2v) is 6.95. The number of ether oxygens (including phenoxy) is 1. The monoisotopic (exact) mass is 455 g/mol. The van der Waals surface area contributed by atoms with E-state index in [9.17, 15) is 8.42 Å². The molecular formula is C15H26IN3O3S. The molecule has 0 aliphatic rings. The van der Waals surface area contributed by atoms with Crippen molar-refractivity contribution in [3.05, 3.63) is 29.8 Å². The fraction of sp³-hybridized carbons (Fsp3) is 0.533. The molecule has 0 spiro atoms. The first-order chi connectivity index (χ1) is 10.5. The number of benzene rings is 1. The fourth-order valence-electron chi connectivity index (χ4n) is 1.87. The second kappa shape index (κ2) is 11.6. The lowest BCUT2D eigenvalue weighted by atomic mass is 10.1. The highest BCUT2D eigenvalue weighted by Crippen LogP contribution is 2.10. The molecule has 0 aliphatic carbocycles. The number of hydrogen-bond donors (Lipinski definition) is 2. The molecule has 6 nitrogen and oxygen atoms in total. The van der Waals surface area contributed by atoms with Crippen molar-refractivity contribution in [1.29, 1.82) is 0 Å². The SMILES string of the molecule is CN=C(NCCCOC)NCCc1ccc(S(C)(=O)=O)cc1.I. The van der Waals surface area contributed by atoms with Crippen molar-refractivity contribution in [1.82, 2.24) is 10.6 Å². The Morgan fingerprint density at radius 3 is 2.30 bits per heavy atom. The highest BCUT2D eigenvalue weighted by molar-refractivity contribution is 14.0. The Kier molecular flexibility index (Phi) is 11.2. The topological polar surface area (TPSA) is 79.8 Å². The molecule has 0 aliphatic heterocycles. The zero-order valence-electron chi connectivity index (χ0n) is 13.8. The van der Waals surface area contributed by atoms with Gasteiger partial charge in [-0.15, -0.1) is 24.0 Å². The molecule has 0 saturated carbocycles. The first kappa shape index (κ1) is 22.1. The molecule has 0 atom stereocenters. The highest BCUT2D eigenvalue weighted by atomic mass is 127. The molecule has 23 heavy (non-hydrogen) atoms. The van der Waals surface area contributed by atoms with E-state index in [1.54, 1.807) is 26.3 Å². The lowest BCUT2D eigenvalue weighted by Crippen LogP contribution is -2.39. The van der Waals surface area contributed by atoms with Gasteiger partial charge in [0.1, 0.15) is 0 Å². The van der Waals surface area contributed by atoms with Crippen LogP contribution in [0.2, 0.25) is 0 Å². The molecule has 0 amide bonds. The minimum absolute atomic E-state index is 0. The minimum Gasteiger partial charge on any atom is -0.385 e. The van der Waals surface area contributed by atoms with Gasteiger partial charge < -0.3 is 15.4 Å². The number of methoxy groups -OCH3 is 1. The average molecular weight is 455 g/mol. The molecular weight excluding hydrogens is 429 g/mol. The van der Waals surface area contributed by atoms with Crippen molar-refractivity contribution in [2.45, 2.75) is 17.7 Å². The molecule has 0 bridgehead atoms. The summed E-state index contributed by atoms with van der Waals surface area (Å²) in [4.78, 5) is 4.48. The van der Waals surface area contributed by atoms with E-state index in [0.717, 1.165) is 44.1 Å². The van der Waals surface area contributed by atoms with Crippen LogP contribution in [0.3, 0.4) is 0 Å². The highest BCUT2D eigenvalue weighted by Gasteiger charge is 2.06. The largest absolute Gasteiger partial charge is 0.385 e. The Balaban J connectivity index is 0.00000484. The first-order valence-electron chi connectivity index (χ1n) is 7.20. The maximum atomic E-state index is 11.4. The number of aliphatic imine (C=N–C) groups is 1. The quantitative estimate of drug-likeness (QED) is 0.269. The van der Waals surface area contributed by atoms with Gasteiger partial charge in [-0.25, -0.2) is 8.42 Å². The normalized spacial score (nSPS) is 11.7. The lowest BCUT2D eigenvalue weighted by molar-refractivity contribution is 0.195. The van der Waals surface area contributed by atoms with Gasteiger partial charge in [0.15, 0.2) is 15.8 Å². The minimum atomic E-state index is -3.13. The molecule has 0 fully saturated rings. The van der Waals surface area contributed by atoms with Crippen molar-refractivity contribution in [2.75, 3.05) is 40.1 Å². The summed E-state index contributed by atoms with van der Waals surface area (Å²) >= 11 is 0. The molecule has 1 aromatic rings. The van der Waals surface area contributed by atoms with Gasteiger partial charge in [-0.2, -0.15) is 0 Å². The van der Waals surface area contributed by atoms with Crippen LogP contribution in [0.25, 0.3) is 0 Å². The molecule has 1 rings (SSSR count). The van der Waals surface area contributed by atoms with Gasteiger partial charge in [0, 0.05) is 40.1 Å². The van der Waals surface area contributed by atoms with Crippen LogP contribution in [0.15, 0.2) is 34.2 Å². The van der Waals surface area contributed by atoms with Crippen LogP contribution >= 0.6 is 24.0 Å². The van der Waals surface area contributed by atoms with E-state index in [-0.39, 0.29) is 24.0 Å². The Hall–Kier alpha value is -0.870. The van der Waals surface area contributed by atoms with Crippen LogP contribution < -0.4 is 10.6 Å². The fourth-order valence-corrected chi connectivity index (χ4v) is 2.50. The lowest BCUT2D eigenvalue weighted by Gasteiger charge is -2.11. The number of nitrogens with one attached hydrogen (secondary N) is 2. The van der Waals surface area contributed by atoms with Crippen molar-refractivity contribution < 1.29 is 13.2 Å². The van der Waals surface area contributed by atoms with Crippen LogP contribution in [0.4, 0.5) is 0 Å². The Morgan fingerprint density at radius 2 is 1.78 bits per heavy atom. The standard InChI is InChI=1S/C15H25N3O3S.HI/c1-16-15(17-10-4-12-21-2)18-11-9-13-5-7-14(8-6-13)22(3,19)20;/h5-8H,4,9-12H2,1-3H3,(H2,16,17,18);1H. The number of rotatable bonds is 8. The van der Waals surface area contributed by atoms with Gasteiger partial charge in [0.25, 0.3) is 0 Å². The van der Waals surface area contributed by atoms with Gasteiger partial charge in [-0.3, -0.25) is 4.99 Å². The predicted molar refractivity (Wildman–Crippen MR) is 105 cm³/mol. The van der Waals surface area contributed by atoms with E-state index in [0.29, 0.717) is 4.90 Å². The zero-order valence-corrected chi connectivity index (χ0v) is 17.0. The third-order valence-electron chi connectivity index (χ3n) is 3.10. The summed E-state index contributed by atoms with van der Waals surface area (Å²) in [5.41, 5.74) is 1.08. The predicted octanol–water partition coefficient (Wildman–Crippen LogP) is 1.45. The molecule has 0 radical (unpaired) electrons. The van der Waals surface area contributed by atoms with Gasteiger partial charge in [-0.1, -0.05) is 12.1 Å². The summed E-state index contributed by atoms with van der Waals surface area (Å²) in [6, 6.07) is 6.96. The van der Waals surface area contributed by atoms with Gasteiger partial charge >= 0.3 is 0 Å². The molecule has 0 saturated heterocycles. The van der Waals surface area contributed by atoms with Gasteiger partial charge in [0.2, 0.25) is 0 Å². The summed E-state index contributed by atoms with van der Waals surface area (Å²) in [5, 5.41) is 6.42. The van der Waals surface area contributed by atoms with Crippen LogP contribution in [-0.4, -0.2) is 54.5 Å². The molecule has 0 heterocycles. The molecule has 8 heteroatoms. The summed E-state index contributed by atoms with van der Waals surface area (Å²) in [5.74, 6) is 0.754. The molecule has 132 valence electrons. The van der Waals surface area contributed by atoms with Crippen molar-refractivity contribution in [3.8, 4) is 0 Å². The number of nitrogens with zero attached hydrogens (tertiary/aromatic N) is 1. The number of guanidine groups is 1. The second-order valence-electron chi connectivity index (χ2n) is 4.94. The van der Waals surface area contributed by atoms with E-state index in [1.165, 1.54) is 6.26 Å². The Labute approximate surface area is 156 Å². The van der Waals surface area contributed by atoms with Gasteiger partial charge in [-0.05, 0) is 30.5 Å².